The summed E-state index contributed by atoms with van der Waals surface area (Å²) in [4.78, 5) is 13.0. The Morgan fingerprint density at radius 2 is 2.05 bits per heavy atom. The summed E-state index contributed by atoms with van der Waals surface area (Å²) in [6.07, 6.45) is 4.05. The van der Waals surface area contributed by atoms with Gasteiger partial charge in [0.05, 0.1) is 12.0 Å². The summed E-state index contributed by atoms with van der Waals surface area (Å²) in [6.45, 7) is 5.39. The Balaban J connectivity index is 2.49. The van der Waals surface area contributed by atoms with Crippen molar-refractivity contribution in [3.05, 3.63) is 33.3 Å². The summed E-state index contributed by atoms with van der Waals surface area (Å²) in [5.41, 5.74) is 2.56. The van der Waals surface area contributed by atoms with Crippen LogP contribution in [0.3, 0.4) is 0 Å². The molecule has 122 valence electrons. The number of aliphatic hydroxyl groups is 1. The molecular formula is C18H25BrO3. The number of benzene rings is 1. The standard InChI is InChI=1S/C18H25BrO3/c1-3-4-5-17(21)18(6-8-22-9-7-18)15-10-14(12-20)11-16(19)13(15)2/h10-11,20H,3-9,12H2,1-2H3. The van der Waals surface area contributed by atoms with Crippen molar-refractivity contribution in [2.24, 2.45) is 0 Å². The van der Waals surface area contributed by atoms with E-state index in [1.165, 1.54) is 0 Å². The minimum atomic E-state index is -0.453. The molecule has 4 heteroatoms. The Morgan fingerprint density at radius 3 is 2.64 bits per heavy atom. The maximum Gasteiger partial charge on any atom is 0.143 e. The number of carbonyl (C=O) groups excluding carboxylic acids is 1. The first kappa shape index (κ1) is 17.6. The van der Waals surface area contributed by atoms with Gasteiger partial charge in [0.1, 0.15) is 5.78 Å². The van der Waals surface area contributed by atoms with E-state index in [9.17, 15) is 9.90 Å². The van der Waals surface area contributed by atoms with Crippen LogP contribution >= 0.6 is 15.9 Å². The number of Topliss-reactive ketones (excluding diaryl/α,β-unsaturated/α-hetero) is 1. The highest BCUT2D eigenvalue weighted by Crippen LogP contribution is 2.41. The van der Waals surface area contributed by atoms with E-state index in [2.05, 4.69) is 22.9 Å². The minimum Gasteiger partial charge on any atom is -0.392 e. The summed E-state index contributed by atoms with van der Waals surface area (Å²) >= 11 is 3.58. The third-order valence-electron chi connectivity index (χ3n) is 4.74. The summed E-state index contributed by atoms with van der Waals surface area (Å²) in [5, 5.41) is 9.51. The van der Waals surface area contributed by atoms with Crippen LogP contribution in [0.4, 0.5) is 0 Å². The highest BCUT2D eigenvalue weighted by molar-refractivity contribution is 9.10. The summed E-state index contributed by atoms with van der Waals surface area (Å²) in [7, 11) is 0. The molecule has 0 saturated carbocycles. The molecule has 0 radical (unpaired) electrons. The number of ketones is 1. The lowest BCUT2D eigenvalue weighted by molar-refractivity contribution is -0.128. The van der Waals surface area contributed by atoms with Gasteiger partial charge in [-0.3, -0.25) is 4.79 Å². The molecule has 1 N–H and O–H groups in total. The van der Waals surface area contributed by atoms with Crippen molar-refractivity contribution in [2.45, 2.75) is 58.0 Å². The number of ether oxygens (including phenoxy) is 1. The predicted octanol–water partition coefficient (Wildman–Crippen LogP) is 4.06. The largest absolute Gasteiger partial charge is 0.392 e. The third-order valence-corrected chi connectivity index (χ3v) is 5.56. The van der Waals surface area contributed by atoms with Crippen LogP contribution in [0.15, 0.2) is 16.6 Å². The van der Waals surface area contributed by atoms with E-state index < -0.39 is 5.41 Å². The van der Waals surface area contributed by atoms with Crippen LogP contribution in [0.2, 0.25) is 0 Å². The molecule has 22 heavy (non-hydrogen) atoms. The van der Waals surface area contributed by atoms with Gasteiger partial charge in [-0.25, -0.2) is 0 Å². The average molecular weight is 369 g/mol. The zero-order chi connectivity index (χ0) is 16.2. The molecule has 0 unspecified atom stereocenters. The van der Waals surface area contributed by atoms with Crippen LogP contribution in [-0.2, 0) is 21.6 Å². The van der Waals surface area contributed by atoms with E-state index in [0.717, 1.165) is 46.8 Å². The van der Waals surface area contributed by atoms with Crippen LogP contribution < -0.4 is 0 Å². The topological polar surface area (TPSA) is 46.5 Å². The third kappa shape index (κ3) is 3.44. The number of aliphatic hydroxyl groups excluding tert-OH is 1. The Morgan fingerprint density at radius 1 is 1.36 bits per heavy atom. The number of halogens is 1. The van der Waals surface area contributed by atoms with E-state index in [0.29, 0.717) is 25.4 Å². The quantitative estimate of drug-likeness (QED) is 0.823. The van der Waals surface area contributed by atoms with Gasteiger partial charge in [0.2, 0.25) is 0 Å². The van der Waals surface area contributed by atoms with E-state index in [4.69, 9.17) is 4.74 Å². The molecular weight excluding hydrogens is 344 g/mol. The minimum absolute atomic E-state index is 0.0123. The lowest BCUT2D eigenvalue weighted by Gasteiger charge is -2.38. The van der Waals surface area contributed by atoms with Crippen LogP contribution in [0.25, 0.3) is 0 Å². The number of carbonyl (C=O) groups is 1. The van der Waals surface area contributed by atoms with Crippen molar-refractivity contribution in [2.75, 3.05) is 13.2 Å². The van der Waals surface area contributed by atoms with Crippen molar-refractivity contribution >= 4 is 21.7 Å². The first-order valence-electron chi connectivity index (χ1n) is 8.06. The Labute approximate surface area is 141 Å². The van der Waals surface area contributed by atoms with Crippen molar-refractivity contribution in [1.82, 2.24) is 0 Å². The fourth-order valence-electron chi connectivity index (χ4n) is 3.32. The number of hydrogen-bond donors (Lipinski definition) is 1. The molecule has 1 aromatic rings. The average Bonchev–Trinajstić information content (AvgIpc) is 2.55. The molecule has 1 heterocycles. The molecule has 0 aliphatic carbocycles. The first-order valence-corrected chi connectivity index (χ1v) is 8.86. The van der Waals surface area contributed by atoms with E-state index in [1.807, 2.05) is 19.1 Å². The molecule has 1 fully saturated rings. The fraction of sp³-hybridized carbons (Fsp3) is 0.611. The van der Waals surface area contributed by atoms with E-state index in [1.54, 1.807) is 0 Å². The molecule has 0 atom stereocenters. The summed E-state index contributed by atoms with van der Waals surface area (Å²) < 4.78 is 6.48. The summed E-state index contributed by atoms with van der Waals surface area (Å²) in [5.74, 6) is 0.322. The lowest BCUT2D eigenvalue weighted by atomic mass is 9.68. The molecule has 1 aliphatic heterocycles. The van der Waals surface area contributed by atoms with Gasteiger partial charge in [0.15, 0.2) is 0 Å². The second-order valence-corrected chi connectivity index (χ2v) is 6.98. The van der Waals surface area contributed by atoms with E-state index in [-0.39, 0.29) is 6.61 Å². The molecule has 0 spiro atoms. The van der Waals surface area contributed by atoms with Gasteiger partial charge >= 0.3 is 0 Å². The number of rotatable bonds is 6. The fourth-order valence-corrected chi connectivity index (χ4v) is 3.83. The molecule has 0 bridgehead atoms. The normalized spacial score (nSPS) is 17.5. The van der Waals surface area contributed by atoms with Crippen LogP contribution in [0, 0.1) is 6.92 Å². The highest BCUT2D eigenvalue weighted by Gasteiger charge is 2.42. The Kier molecular flexibility index (Phi) is 6.18. The van der Waals surface area contributed by atoms with Gasteiger partial charge in [0, 0.05) is 24.1 Å². The van der Waals surface area contributed by atoms with Gasteiger partial charge in [-0.1, -0.05) is 35.3 Å². The zero-order valence-corrected chi connectivity index (χ0v) is 15.0. The lowest BCUT2D eigenvalue weighted by Crippen LogP contribution is -2.42. The van der Waals surface area contributed by atoms with Crippen molar-refractivity contribution in [1.29, 1.82) is 0 Å². The number of unbranched alkanes of at least 4 members (excludes halogenated alkanes) is 1. The predicted molar refractivity (Wildman–Crippen MR) is 91.1 cm³/mol. The second kappa shape index (κ2) is 7.71. The van der Waals surface area contributed by atoms with Crippen LogP contribution in [-0.4, -0.2) is 24.1 Å². The molecule has 3 nitrogen and oxygen atoms in total. The molecule has 1 aromatic carbocycles. The molecule has 0 aromatic heterocycles. The molecule has 0 amide bonds. The maximum absolute atomic E-state index is 13.0. The van der Waals surface area contributed by atoms with Gasteiger partial charge in [-0.2, -0.15) is 0 Å². The van der Waals surface area contributed by atoms with Crippen LogP contribution in [0.1, 0.15) is 55.7 Å². The van der Waals surface area contributed by atoms with Gasteiger partial charge in [-0.15, -0.1) is 0 Å². The number of hydrogen-bond acceptors (Lipinski definition) is 3. The van der Waals surface area contributed by atoms with Gasteiger partial charge < -0.3 is 9.84 Å². The van der Waals surface area contributed by atoms with Crippen LogP contribution in [0.5, 0.6) is 0 Å². The SMILES string of the molecule is CCCCC(=O)C1(c2cc(CO)cc(Br)c2C)CCOCC1. The van der Waals surface area contributed by atoms with Gasteiger partial charge in [-0.05, 0) is 48.9 Å². The van der Waals surface area contributed by atoms with E-state index >= 15 is 0 Å². The zero-order valence-electron chi connectivity index (χ0n) is 13.5. The first-order chi connectivity index (χ1) is 10.5. The smallest absolute Gasteiger partial charge is 0.143 e. The monoisotopic (exact) mass is 368 g/mol. The van der Waals surface area contributed by atoms with Crippen molar-refractivity contribution < 1.29 is 14.6 Å². The molecule has 1 aliphatic rings. The molecule has 1 saturated heterocycles. The summed E-state index contributed by atoms with van der Waals surface area (Å²) in [6, 6.07) is 3.94. The second-order valence-electron chi connectivity index (χ2n) is 6.13. The van der Waals surface area contributed by atoms with Crippen molar-refractivity contribution in [3.8, 4) is 0 Å². The molecule has 2 rings (SSSR count). The van der Waals surface area contributed by atoms with Gasteiger partial charge in [0.25, 0.3) is 0 Å². The Bertz CT molecular complexity index is 533. The maximum atomic E-state index is 13.0. The highest BCUT2D eigenvalue weighted by atomic mass is 79.9. The Hall–Kier alpha value is -0.710. The van der Waals surface area contributed by atoms with Crippen molar-refractivity contribution in [3.63, 3.8) is 0 Å².